The van der Waals surface area contributed by atoms with E-state index in [1.807, 2.05) is 6.92 Å². The van der Waals surface area contributed by atoms with Gasteiger partial charge in [-0.05, 0) is 18.8 Å². The highest BCUT2D eigenvalue weighted by atomic mass is 32.2. The second-order valence-corrected chi connectivity index (χ2v) is 6.04. The van der Waals surface area contributed by atoms with Crippen molar-refractivity contribution in [2.24, 2.45) is 17.0 Å². The predicted octanol–water partition coefficient (Wildman–Crippen LogP) is 2.56. The molecule has 0 heterocycles. The van der Waals surface area contributed by atoms with E-state index < -0.39 is 15.6 Å². The maximum Gasteiger partial charge on any atom is 0.536 e. The monoisotopic (exact) mass is 298 g/mol. The van der Waals surface area contributed by atoms with E-state index in [1.165, 1.54) is 0 Å². The highest BCUT2D eigenvalue weighted by Gasteiger charge is 2.49. The number of oxime groups is 1. The fourth-order valence-electron chi connectivity index (χ4n) is 1.85. The quantitative estimate of drug-likeness (QED) is 0.455. The molecule has 0 aliphatic heterocycles. The average molecular weight is 298 g/mol. The van der Waals surface area contributed by atoms with E-state index in [0.29, 0.717) is 18.8 Å². The summed E-state index contributed by atoms with van der Waals surface area (Å²) < 4.78 is 60.9. The van der Waals surface area contributed by atoms with Crippen LogP contribution in [0.2, 0.25) is 0 Å². The summed E-state index contributed by atoms with van der Waals surface area (Å²) in [5.74, 6) is 0.139. The fourth-order valence-corrected chi connectivity index (χ4v) is 2.11. The molecule has 0 unspecified atom stereocenters. The number of rotatable bonds is 3. The van der Waals surface area contributed by atoms with Crippen LogP contribution in [0.3, 0.4) is 0 Å². The fraction of sp³-hybridized carbons (Fsp3) is 0.800. The molecule has 0 aromatic carbocycles. The largest absolute Gasteiger partial charge is 0.536 e. The van der Waals surface area contributed by atoms with Crippen LogP contribution in [0.25, 0.3) is 0 Å². The van der Waals surface area contributed by atoms with Crippen LogP contribution in [0.5, 0.6) is 0 Å². The summed E-state index contributed by atoms with van der Waals surface area (Å²) in [6.07, 6.45) is 2.81. The van der Waals surface area contributed by atoms with Gasteiger partial charge in [0.2, 0.25) is 0 Å². The summed E-state index contributed by atoms with van der Waals surface area (Å²) >= 11 is 0. The second-order valence-electron chi connectivity index (χ2n) is 4.52. The molecule has 0 amide bonds. The van der Waals surface area contributed by atoms with E-state index in [-0.39, 0.29) is 11.6 Å². The molecule has 19 heavy (non-hydrogen) atoms. The first-order valence-corrected chi connectivity index (χ1v) is 7.06. The van der Waals surface area contributed by atoms with E-state index >= 15 is 0 Å². The Kier molecular flexibility index (Phi) is 4.79. The second kappa shape index (κ2) is 5.77. The van der Waals surface area contributed by atoms with Crippen LogP contribution in [0.4, 0.5) is 13.2 Å². The van der Waals surface area contributed by atoms with Crippen molar-refractivity contribution in [1.82, 2.24) is 0 Å². The first-order valence-electron chi connectivity index (χ1n) is 5.65. The van der Waals surface area contributed by atoms with E-state index in [4.69, 9.17) is 5.26 Å². The van der Waals surface area contributed by atoms with Crippen molar-refractivity contribution in [3.05, 3.63) is 0 Å². The minimum atomic E-state index is -5.79. The van der Waals surface area contributed by atoms with E-state index in [1.54, 1.807) is 6.07 Å². The summed E-state index contributed by atoms with van der Waals surface area (Å²) in [7, 11) is -5.79. The summed E-state index contributed by atoms with van der Waals surface area (Å²) in [5.41, 5.74) is -5.85. The van der Waals surface area contributed by atoms with Gasteiger partial charge in [0.15, 0.2) is 5.71 Å². The molecule has 1 rings (SSSR count). The van der Waals surface area contributed by atoms with Crippen LogP contribution in [0, 0.1) is 23.2 Å². The number of nitriles is 1. The molecule has 0 aromatic heterocycles. The lowest BCUT2D eigenvalue weighted by molar-refractivity contribution is -0.0541. The first kappa shape index (κ1) is 15.8. The molecule has 9 heteroatoms. The summed E-state index contributed by atoms with van der Waals surface area (Å²) in [5, 5.41) is 11.7. The van der Waals surface area contributed by atoms with Crippen LogP contribution in [0.1, 0.15) is 32.6 Å². The molecule has 5 nitrogen and oxygen atoms in total. The Morgan fingerprint density at radius 1 is 1.32 bits per heavy atom. The lowest BCUT2D eigenvalue weighted by Crippen LogP contribution is -2.25. The number of hydrogen-bond donors (Lipinski definition) is 0. The zero-order valence-electron chi connectivity index (χ0n) is 10.1. The molecule has 0 saturated heterocycles. The van der Waals surface area contributed by atoms with Crippen molar-refractivity contribution in [1.29, 1.82) is 5.26 Å². The molecule has 0 aromatic rings. The molecule has 0 radical (unpaired) electrons. The Morgan fingerprint density at radius 3 is 2.26 bits per heavy atom. The molecule has 1 saturated carbocycles. The van der Waals surface area contributed by atoms with Crippen LogP contribution < -0.4 is 0 Å². The Bertz CT molecular complexity index is 485. The smallest absolute Gasteiger partial charge is 0.261 e. The van der Waals surface area contributed by atoms with Crippen LogP contribution >= 0.6 is 0 Å². The molecular weight excluding hydrogens is 285 g/mol. The van der Waals surface area contributed by atoms with Gasteiger partial charge in [-0.25, -0.2) is 0 Å². The van der Waals surface area contributed by atoms with Gasteiger partial charge in [-0.15, -0.1) is 0 Å². The zero-order valence-corrected chi connectivity index (χ0v) is 11.0. The van der Waals surface area contributed by atoms with E-state index in [2.05, 4.69) is 9.44 Å². The third kappa shape index (κ3) is 4.09. The Labute approximate surface area is 109 Å². The lowest BCUT2D eigenvalue weighted by Gasteiger charge is -2.24. The minimum Gasteiger partial charge on any atom is -0.261 e. The molecule has 108 valence electrons. The summed E-state index contributed by atoms with van der Waals surface area (Å²) in [6.45, 7) is 2.03. The van der Waals surface area contributed by atoms with Gasteiger partial charge in [0, 0.05) is 5.92 Å². The van der Waals surface area contributed by atoms with Gasteiger partial charge in [0.25, 0.3) is 0 Å². The number of halogens is 3. The third-order valence-electron chi connectivity index (χ3n) is 3.03. The van der Waals surface area contributed by atoms with Gasteiger partial charge in [-0.1, -0.05) is 24.9 Å². The summed E-state index contributed by atoms with van der Waals surface area (Å²) in [6, 6.07) is 1.60. The van der Waals surface area contributed by atoms with Gasteiger partial charge >= 0.3 is 15.6 Å². The maximum atomic E-state index is 12.0. The topological polar surface area (TPSA) is 79.5 Å². The Balaban J connectivity index is 2.77. The number of nitrogens with zero attached hydrogens (tertiary/aromatic N) is 2. The third-order valence-corrected chi connectivity index (χ3v) is 3.87. The van der Waals surface area contributed by atoms with Crippen molar-refractivity contribution < 1.29 is 25.9 Å². The van der Waals surface area contributed by atoms with Crippen molar-refractivity contribution in [3.8, 4) is 6.07 Å². The first-order chi connectivity index (χ1) is 8.67. The molecule has 1 fully saturated rings. The Morgan fingerprint density at radius 2 is 1.84 bits per heavy atom. The highest BCUT2D eigenvalue weighted by molar-refractivity contribution is 7.87. The molecule has 0 atom stereocenters. The highest BCUT2D eigenvalue weighted by Crippen LogP contribution is 2.30. The van der Waals surface area contributed by atoms with Crippen molar-refractivity contribution in [2.45, 2.75) is 38.1 Å². The number of alkyl halides is 3. The molecule has 0 N–H and O–H groups in total. The predicted molar refractivity (Wildman–Crippen MR) is 60.2 cm³/mol. The molecule has 0 spiro atoms. The van der Waals surface area contributed by atoms with Gasteiger partial charge in [0.05, 0.1) is 0 Å². The Hall–Kier alpha value is -1.30. The molecule has 0 bridgehead atoms. The average Bonchev–Trinajstić information content (AvgIpc) is 2.30. The molecule has 1 aliphatic carbocycles. The molecular formula is C10H13F3N2O3S. The normalized spacial score (nSPS) is 25.7. The van der Waals surface area contributed by atoms with Crippen molar-refractivity contribution in [3.63, 3.8) is 0 Å². The van der Waals surface area contributed by atoms with Crippen molar-refractivity contribution in [2.75, 3.05) is 0 Å². The molecule has 1 aliphatic rings. The zero-order chi connectivity index (χ0) is 14.7. The van der Waals surface area contributed by atoms with Gasteiger partial charge in [-0.3, -0.25) is 4.28 Å². The van der Waals surface area contributed by atoms with Gasteiger partial charge in [-0.2, -0.15) is 26.9 Å². The SMILES string of the molecule is CC1CCC(/C(C#N)=N\OS(=O)(=O)C(F)(F)F)CC1. The van der Waals surface area contributed by atoms with Gasteiger partial charge in [0.1, 0.15) is 6.07 Å². The standard InChI is InChI=1S/C10H13F3N2O3S/c1-7-2-4-8(5-3-7)9(6-14)15-18-19(16,17)10(11,12)13/h7-8H,2-5H2,1H3/b15-9-. The minimum absolute atomic E-state index is 0.306. The van der Waals surface area contributed by atoms with Crippen molar-refractivity contribution >= 4 is 15.8 Å². The van der Waals surface area contributed by atoms with E-state index in [9.17, 15) is 21.6 Å². The van der Waals surface area contributed by atoms with Gasteiger partial charge < -0.3 is 0 Å². The van der Waals surface area contributed by atoms with Crippen LogP contribution in [-0.4, -0.2) is 19.6 Å². The van der Waals surface area contributed by atoms with E-state index in [0.717, 1.165) is 12.8 Å². The summed E-state index contributed by atoms with van der Waals surface area (Å²) in [4.78, 5) is 0. The van der Waals surface area contributed by atoms with Crippen LogP contribution in [-0.2, 0) is 14.4 Å². The number of hydrogen-bond acceptors (Lipinski definition) is 5. The van der Waals surface area contributed by atoms with Crippen LogP contribution in [0.15, 0.2) is 5.16 Å². The lowest BCUT2D eigenvalue weighted by atomic mass is 9.81. The maximum absolute atomic E-state index is 12.0.